The number of piperidine rings is 2. The normalized spacial score (nSPS) is 36.9. The van der Waals surface area contributed by atoms with E-state index in [9.17, 15) is 9.90 Å². The largest absolute Gasteiger partial charge is 0.393 e. The van der Waals surface area contributed by atoms with Gasteiger partial charge in [0.2, 0.25) is 6.41 Å². The van der Waals surface area contributed by atoms with E-state index in [4.69, 9.17) is 0 Å². The molecule has 0 radical (unpaired) electrons. The zero-order valence-electron chi connectivity index (χ0n) is 8.52. The van der Waals surface area contributed by atoms with Crippen LogP contribution in [0.4, 0.5) is 0 Å². The molecule has 2 rings (SSSR count). The van der Waals surface area contributed by atoms with Crippen LogP contribution >= 0.6 is 0 Å². The first-order valence-electron chi connectivity index (χ1n) is 5.29. The van der Waals surface area contributed by atoms with Gasteiger partial charge in [-0.25, -0.2) is 0 Å². The molecule has 0 aromatic rings. The molecule has 2 atom stereocenters. The third-order valence-electron chi connectivity index (χ3n) is 3.46. The zero-order chi connectivity index (χ0) is 10.1. The second-order valence-electron chi connectivity index (χ2n) is 4.34. The Morgan fingerprint density at radius 1 is 1.36 bits per heavy atom. The van der Waals surface area contributed by atoms with Crippen LogP contribution in [0.1, 0.15) is 32.6 Å². The Morgan fingerprint density at radius 3 is 2.36 bits per heavy atom. The highest BCUT2D eigenvalue weighted by atomic mass is 16.3. The van der Waals surface area contributed by atoms with E-state index in [0.717, 1.165) is 32.1 Å². The minimum absolute atomic E-state index is 0.209. The van der Waals surface area contributed by atoms with Crippen LogP contribution in [-0.4, -0.2) is 34.6 Å². The molecule has 3 heteroatoms. The Labute approximate surface area is 84.4 Å². The number of hydrogen-bond acceptors (Lipinski definition) is 2. The molecule has 2 aliphatic rings. The SMILES string of the molecule is CC=C1CC2CC(O)CC(C1)N2C=O. The molecule has 14 heavy (non-hydrogen) atoms. The summed E-state index contributed by atoms with van der Waals surface area (Å²) >= 11 is 0. The van der Waals surface area contributed by atoms with Gasteiger partial charge in [0.15, 0.2) is 0 Å². The van der Waals surface area contributed by atoms with Crippen LogP contribution in [0.25, 0.3) is 0 Å². The average molecular weight is 195 g/mol. The minimum Gasteiger partial charge on any atom is -0.393 e. The molecule has 0 spiro atoms. The third-order valence-corrected chi connectivity index (χ3v) is 3.46. The molecule has 2 saturated heterocycles. The summed E-state index contributed by atoms with van der Waals surface area (Å²) in [6.45, 7) is 2.05. The van der Waals surface area contributed by atoms with Crippen molar-refractivity contribution >= 4 is 6.41 Å². The van der Waals surface area contributed by atoms with E-state index in [1.165, 1.54) is 5.57 Å². The van der Waals surface area contributed by atoms with Crippen molar-refractivity contribution in [1.82, 2.24) is 4.90 Å². The van der Waals surface area contributed by atoms with E-state index >= 15 is 0 Å². The Morgan fingerprint density at radius 2 is 1.93 bits per heavy atom. The summed E-state index contributed by atoms with van der Waals surface area (Å²) < 4.78 is 0. The second-order valence-corrected chi connectivity index (χ2v) is 4.34. The van der Waals surface area contributed by atoms with Gasteiger partial charge in [0, 0.05) is 12.1 Å². The van der Waals surface area contributed by atoms with Crippen LogP contribution in [0.5, 0.6) is 0 Å². The maximum Gasteiger partial charge on any atom is 0.210 e. The van der Waals surface area contributed by atoms with Crippen molar-refractivity contribution in [3.63, 3.8) is 0 Å². The lowest BCUT2D eigenvalue weighted by atomic mass is 9.81. The highest BCUT2D eigenvalue weighted by molar-refractivity contribution is 5.50. The third kappa shape index (κ3) is 1.57. The minimum atomic E-state index is -0.209. The van der Waals surface area contributed by atoms with Crippen LogP contribution in [-0.2, 0) is 4.79 Å². The molecule has 1 amide bonds. The van der Waals surface area contributed by atoms with E-state index in [0.29, 0.717) is 0 Å². The molecular weight excluding hydrogens is 178 g/mol. The fraction of sp³-hybridized carbons (Fsp3) is 0.727. The maximum absolute atomic E-state index is 10.9. The first kappa shape index (κ1) is 9.71. The Bertz CT molecular complexity index is 244. The predicted molar refractivity (Wildman–Crippen MR) is 53.7 cm³/mol. The van der Waals surface area contributed by atoms with Gasteiger partial charge < -0.3 is 10.0 Å². The monoisotopic (exact) mass is 195 g/mol. The van der Waals surface area contributed by atoms with Gasteiger partial charge in [0.1, 0.15) is 0 Å². The molecule has 2 aliphatic heterocycles. The van der Waals surface area contributed by atoms with Gasteiger partial charge in [-0.3, -0.25) is 4.79 Å². The van der Waals surface area contributed by atoms with Crippen LogP contribution in [0.2, 0.25) is 0 Å². The van der Waals surface area contributed by atoms with Crippen molar-refractivity contribution in [2.24, 2.45) is 0 Å². The van der Waals surface area contributed by atoms with Crippen molar-refractivity contribution in [2.75, 3.05) is 0 Å². The number of rotatable bonds is 1. The lowest BCUT2D eigenvalue weighted by molar-refractivity contribution is -0.128. The van der Waals surface area contributed by atoms with Crippen molar-refractivity contribution < 1.29 is 9.90 Å². The maximum atomic E-state index is 10.9. The molecule has 0 aromatic heterocycles. The van der Waals surface area contributed by atoms with Gasteiger partial charge in [-0.2, -0.15) is 0 Å². The molecule has 0 saturated carbocycles. The summed E-state index contributed by atoms with van der Waals surface area (Å²) in [4.78, 5) is 12.8. The smallest absolute Gasteiger partial charge is 0.210 e. The molecular formula is C11H17NO2. The molecule has 1 N–H and O–H groups in total. The molecule has 3 nitrogen and oxygen atoms in total. The molecule has 0 aromatic carbocycles. The van der Waals surface area contributed by atoms with E-state index in [2.05, 4.69) is 13.0 Å². The van der Waals surface area contributed by atoms with Gasteiger partial charge in [-0.1, -0.05) is 11.6 Å². The number of carbonyl (C=O) groups excluding carboxylic acids is 1. The average Bonchev–Trinajstić information content (AvgIpc) is 2.15. The van der Waals surface area contributed by atoms with E-state index < -0.39 is 0 Å². The highest BCUT2D eigenvalue weighted by Crippen LogP contribution is 2.35. The van der Waals surface area contributed by atoms with Crippen LogP contribution in [0.15, 0.2) is 11.6 Å². The Balaban J connectivity index is 2.18. The highest BCUT2D eigenvalue weighted by Gasteiger charge is 2.38. The lowest BCUT2D eigenvalue weighted by Gasteiger charge is -2.46. The Hall–Kier alpha value is -0.830. The molecule has 2 fully saturated rings. The van der Waals surface area contributed by atoms with Crippen molar-refractivity contribution in [3.8, 4) is 0 Å². The summed E-state index contributed by atoms with van der Waals surface area (Å²) in [5, 5.41) is 9.63. The van der Waals surface area contributed by atoms with E-state index in [1.54, 1.807) is 0 Å². The summed E-state index contributed by atoms with van der Waals surface area (Å²) in [6.07, 6.45) is 6.28. The molecule has 2 unspecified atom stereocenters. The summed E-state index contributed by atoms with van der Waals surface area (Å²) in [5.41, 5.74) is 1.44. The Kier molecular flexibility index (Phi) is 2.59. The molecule has 0 aliphatic carbocycles. The van der Waals surface area contributed by atoms with Crippen LogP contribution in [0, 0.1) is 0 Å². The number of nitrogens with zero attached hydrogens (tertiary/aromatic N) is 1. The zero-order valence-corrected chi connectivity index (χ0v) is 8.52. The number of hydrogen-bond donors (Lipinski definition) is 1. The summed E-state index contributed by atoms with van der Waals surface area (Å²) in [5.74, 6) is 0. The number of amides is 1. The standard InChI is InChI=1S/C11H17NO2/c1-2-8-3-9-5-11(14)6-10(4-8)12(9)7-13/h2,7,9-11,14H,3-6H2,1H3. The fourth-order valence-corrected chi connectivity index (χ4v) is 2.74. The van der Waals surface area contributed by atoms with Gasteiger partial charge in [-0.05, 0) is 32.6 Å². The van der Waals surface area contributed by atoms with Crippen LogP contribution in [0.3, 0.4) is 0 Å². The van der Waals surface area contributed by atoms with Gasteiger partial charge in [0.05, 0.1) is 6.10 Å². The second kappa shape index (κ2) is 3.73. The first-order chi connectivity index (χ1) is 6.74. The summed E-state index contributed by atoms with van der Waals surface area (Å²) in [7, 11) is 0. The van der Waals surface area contributed by atoms with Crippen molar-refractivity contribution in [1.29, 1.82) is 0 Å². The number of aliphatic hydroxyl groups is 1. The molecule has 78 valence electrons. The van der Waals surface area contributed by atoms with E-state index in [-0.39, 0.29) is 18.2 Å². The lowest BCUT2D eigenvalue weighted by Crippen LogP contribution is -2.53. The summed E-state index contributed by atoms with van der Waals surface area (Å²) in [6, 6.07) is 0.474. The van der Waals surface area contributed by atoms with Crippen molar-refractivity contribution in [2.45, 2.75) is 50.8 Å². The predicted octanol–water partition coefficient (Wildman–Crippen LogP) is 1.08. The van der Waals surface area contributed by atoms with E-state index in [1.807, 2.05) is 4.90 Å². The van der Waals surface area contributed by atoms with Crippen molar-refractivity contribution in [3.05, 3.63) is 11.6 Å². The quantitative estimate of drug-likeness (QED) is 0.502. The molecule has 2 bridgehead atoms. The van der Waals surface area contributed by atoms with Gasteiger partial charge in [-0.15, -0.1) is 0 Å². The van der Waals surface area contributed by atoms with Gasteiger partial charge in [0.25, 0.3) is 0 Å². The fourth-order valence-electron chi connectivity index (χ4n) is 2.74. The number of aliphatic hydroxyl groups excluding tert-OH is 1. The van der Waals surface area contributed by atoms with Crippen LogP contribution < -0.4 is 0 Å². The topological polar surface area (TPSA) is 40.5 Å². The van der Waals surface area contributed by atoms with Gasteiger partial charge >= 0.3 is 0 Å². The number of allylic oxidation sites excluding steroid dienone is 1. The number of fused-ring (bicyclic) bond motifs is 2. The molecule has 2 heterocycles. The first-order valence-corrected chi connectivity index (χ1v) is 5.29. The number of carbonyl (C=O) groups is 1.